The zero-order valence-electron chi connectivity index (χ0n) is 12.9. The Bertz CT molecular complexity index is 559. The summed E-state index contributed by atoms with van der Waals surface area (Å²) in [5.74, 6) is 0. The van der Waals surface area contributed by atoms with Gasteiger partial charge >= 0.3 is 6.09 Å². The van der Waals surface area contributed by atoms with Gasteiger partial charge in [-0.25, -0.2) is 14.8 Å². The van der Waals surface area contributed by atoms with Gasteiger partial charge in [0.15, 0.2) is 0 Å². The van der Waals surface area contributed by atoms with E-state index in [0.717, 1.165) is 12.8 Å². The first kappa shape index (κ1) is 17.1. The number of piperidine rings is 1. The summed E-state index contributed by atoms with van der Waals surface area (Å²) in [4.78, 5) is 21.7. The van der Waals surface area contributed by atoms with Gasteiger partial charge in [-0.05, 0) is 33.6 Å². The van der Waals surface area contributed by atoms with Gasteiger partial charge in [0, 0.05) is 13.1 Å². The Hall–Kier alpha value is -1.21. The quantitative estimate of drug-likeness (QED) is 0.770. The van der Waals surface area contributed by atoms with Crippen molar-refractivity contribution < 1.29 is 13.7 Å². The van der Waals surface area contributed by atoms with Crippen molar-refractivity contribution in [1.82, 2.24) is 14.9 Å². The summed E-state index contributed by atoms with van der Waals surface area (Å²) in [6.45, 7) is 6.47. The Morgan fingerprint density at radius 1 is 1.41 bits per heavy atom. The van der Waals surface area contributed by atoms with Crippen molar-refractivity contribution in [3.8, 4) is 0 Å². The van der Waals surface area contributed by atoms with E-state index in [0.29, 0.717) is 18.1 Å². The highest BCUT2D eigenvalue weighted by atomic mass is 35.5. The minimum absolute atomic E-state index is 0.192. The van der Waals surface area contributed by atoms with Gasteiger partial charge in [-0.3, -0.25) is 4.21 Å². The van der Waals surface area contributed by atoms with Crippen LogP contribution >= 0.6 is 11.6 Å². The van der Waals surface area contributed by atoms with Gasteiger partial charge in [0.25, 0.3) is 0 Å². The van der Waals surface area contributed by atoms with Crippen LogP contribution in [0.3, 0.4) is 0 Å². The summed E-state index contributed by atoms with van der Waals surface area (Å²) in [5, 5.41) is 0.461. The van der Waals surface area contributed by atoms with Crippen LogP contribution in [0.4, 0.5) is 4.79 Å². The summed E-state index contributed by atoms with van der Waals surface area (Å²) in [5.41, 5.74) is -0.539. The fourth-order valence-electron chi connectivity index (χ4n) is 2.16. The molecule has 0 saturated carbocycles. The molecule has 0 N–H and O–H groups in total. The van der Waals surface area contributed by atoms with E-state index in [1.807, 2.05) is 20.8 Å². The lowest BCUT2D eigenvalue weighted by Crippen LogP contribution is -2.46. The van der Waals surface area contributed by atoms with Crippen molar-refractivity contribution in [2.75, 3.05) is 13.1 Å². The minimum atomic E-state index is -1.37. The van der Waals surface area contributed by atoms with Gasteiger partial charge in [-0.1, -0.05) is 11.6 Å². The van der Waals surface area contributed by atoms with Crippen LogP contribution in [-0.2, 0) is 15.5 Å². The Balaban J connectivity index is 2.02. The number of halogens is 1. The Morgan fingerprint density at radius 2 is 2.05 bits per heavy atom. The van der Waals surface area contributed by atoms with Crippen LogP contribution < -0.4 is 0 Å². The van der Waals surface area contributed by atoms with E-state index in [1.54, 1.807) is 4.90 Å². The molecule has 0 unspecified atom stereocenters. The zero-order chi connectivity index (χ0) is 16.3. The molecule has 2 heterocycles. The number of ether oxygens (including phenoxy) is 1. The van der Waals surface area contributed by atoms with Crippen LogP contribution in [0, 0.1) is 0 Å². The van der Waals surface area contributed by atoms with Gasteiger partial charge in [-0.2, -0.15) is 0 Å². The van der Waals surface area contributed by atoms with Crippen LogP contribution in [-0.4, -0.2) is 49.1 Å². The molecule has 1 fully saturated rings. The molecule has 122 valence electrons. The van der Waals surface area contributed by atoms with E-state index in [4.69, 9.17) is 16.3 Å². The normalized spacial score (nSPS) is 20.5. The first-order valence-electron chi connectivity index (χ1n) is 7.12. The molecule has 1 aliphatic rings. The third kappa shape index (κ3) is 4.64. The van der Waals surface area contributed by atoms with Gasteiger partial charge in [-0.15, -0.1) is 0 Å². The molecule has 0 radical (unpaired) electrons. The summed E-state index contributed by atoms with van der Waals surface area (Å²) in [6, 6.07) is 0. The Kier molecular flexibility index (Phi) is 5.39. The smallest absolute Gasteiger partial charge is 0.410 e. The van der Waals surface area contributed by atoms with Crippen molar-refractivity contribution in [2.24, 2.45) is 0 Å². The van der Waals surface area contributed by atoms with Crippen LogP contribution in [0.2, 0.25) is 5.02 Å². The monoisotopic (exact) mass is 345 g/mol. The number of hydrogen-bond acceptors (Lipinski definition) is 5. The van der Waals surface area contributed by atoms with Crippen LogP contribution in [0.25, 0.3) is 0 Å². The van der Waals surface area contributed by atoms with Crippen molar-refractivity contribution in [1.29, 1.82) is 0 Å². The van der Waals surface area contributed by atoms with Crippen molar-refractivity contribution in [3.63, 3.8) is 0 Å². The number of nitrogens with zero attached hydrogens (tertiary/aromatic N) is 3. The van der Waals surface area contributed by atoms with Gasteiger partial charge in [0.05, 0.1) is 33.5 Å². The van der Waals surface area contributed by atoms with Gasteiger partial charge < -0.3 is 9.64 Å². The van der Waals surface area contributed by atoms with Gasteiger partial charge in [0.2, 0.25) is 5.16 Å². The molecule has 1 amide bonds. The second-order valence-corrected chi connectivity index (χ2v) is 8.23. The number of rotatable bonds is 2. The van der Waals surface area contributed by atoms with Crippen LogP contribution in [0.1, 0.15) is 33.6 Å². The van der Waals surface area contributed by atoms with Crippen molar-refractivity contribution >= 4 is 28.5 Å². The summed E-state index contributed by atoms with van der Waals surface area (Å²) in [7, 11) is -1.37. The molecule has 1 saturated heterocycles. The maximum Gasteiger partial charge on any atom is 0.410 e. The molecule has 22 heavy (non-hydrogen) atoms. The molecule has 1 aliphatic heterocycles. The summed E-state index contributed by atoms with van der Waals surface area (Å²) >= 11 is 5.73. The molecule has 0 bridgehead atoms. The van der Waals surface area contributed by atoms with E-state index in [1.165, 1.54) is 12.4 Å². The largest absolute Gasteiger partial charge is 0.444 e. The third-order valence-corrected chi connectivity index (χ3v) is 4.87. The van der Waals surface area contributed by atoms with E-state index in [2.05, 4.69) is 9.97 Å². The average Bonchev–Trinajstić information content (AvgIpc) is 2.46. The number of hydrogen-bond donors (Lipinski definition) is 0. The lowest BCUT2D eigenvalue weighted by atomic mass is 10.1. The van der Waals surface area contributed by atoms with E-state index >= 15 is 0 Å². The predicted molar refractivity (Wildman–Crippen MR) is 84.3 cm³/mol. The SMILES string of the molecule is CC(C)(C)OC(=O)N1CCC[C@@H]([S@@](=O)c2ncc(Cl)cn2)C1. The number of carbonyl (C=O) groups is 1. The lowest BCUT2D eigenvalue weighted by molar-refractivity contribution is 0.0219. The number of aromatic nitrogens is 2. The number of likely N-dealkylation sites (tertiary alicyclic amines) is 1. The van der Waals surface area contributed by atoms with Crippen molar-refractivity contribution in [2.45, 2.75) is 49.6 Å². The van der Waals surface area contributed by atoms with Crippen LogP contribution in [0.15, 0.2) is 17.6 Å². The maximum absolute atomic E-state index is 12.5. The molecule has 2 atom stereocenters. The highest BCUT2D eigenvalue weighted by Crippen LogP contribution is 2.21. The zero-order valence-corrected chi connectivity index (χ0v) is 14.5. The Morgan fingerprint density at radius 3 is 2.64 bits per heavy atom. The first-order chi connectivity index (χ1) is 10.3. The first-order valence-corrected chi connectivity index (χ1v) is 8.71. The fourth-order valence-corrected chi connectivity index (χ4v) is 3.56. The van der Waals surface area contributed by atoms with Crippen molar-refractivity contribution in [3.05, 3.63) is 17.4 Å². The van der Waals surface area contributed by atoms with E-state index in [9.17, 15) is 9.00 Å². The summed E-state index contributed by atoms with van der Waals surface area (Å²) < 4.78 is 17.9. The topological polar surface area (TPSA) is 72.4 Å². The second kappa shape index (κ2) is 6.91. The standard InChI is InChI=1S/C14H20ClN3O3S/c1-14(2,3)21-13(19)18-6-4-5-11(9-18)22(20)12-16-7-10(15)8-17-12/h7-8,11H,4-6,9H2,1-3H3/t11-,22-/m1/s1. The molecule has 6 nitrogen and oxygen atoms in total. The molecular weight excluding hydrogens is 326 g/mol. The minimum Gasteiger partial charge on any atom is -0.444 e. The van der Waals surface area contributed by atoms with Gasteiger partial charge in [0.1, 0.15) is 5.60 Å². The predicted octanol–water partition coefficient (Wildman–Crippen LogP) is 2.64. The van der Waals surface area contributed by atoms with Crippen LogP contribution in [0.5, 0.6) is 0 Å². The molecule has 0 aliphatic carbocycles. The lowest BCUT2D eigenvalue weighted by Gasteiger charge is -2.33. The molecule has 8 heteroatoms. The Labute approximate surface area is 137 Å². The highest BCUT2D eigenvalue weighted by molar-refractivity contribution is 7.85. The number of amides is 1. The van der Waals surface area contributed by atoms with E-state index in [-0.39, 0.29) is 16.5 Å². The molecule has 0 aromatic carbocycles. The molecule has 1 aromatic heterocycles. The summed E-state index contributed by atoms with van der Waals surface area (Å²) in [6.07, 6.45) is 4.03. The number of carbonyl (C=O) groups excluding carboxylic acids is 1. The molecular formula is C14H20ClN3O3S. The van der Waals surface area contributed by atoms with E-state index < -0.39 is 16.4 Å². The fraction of sp³-hybridized carbons (Fsp3) is 0.643. The second-order valence-electron chi connectivity index (χ2n) is 6.17. The molecule has 2 rings (SSSR count). The highest BCUT2D eigenvalue weighted by Gasteiger charge is 2.31. The average molecular weight is 346 g/mol. The third-order valence-electron chi connectivity index (χ3n) is 3.11. The molecule has 1 aromatic rings. The molecule has 0 spiro atoms. The maximum atomic E-state index is 12.5.